The van der Waals surface area contributed by atoms with Gasteiger partial charge in [0, 0.05) is 55.2 Å². The number of carbonyl (C=O) groups is 1. The first-order valence-corrected chi connectivity index (χ1v) is 13.1. The highest BCUT2D eigenvalue weighted by molar-refractivity contribution is 5.93. The predicted octanol–water partition coefficient (Wildman–Crippen LogP) is 5.10. The van der Waals surface area contributed by atoms with Crippen molar-refractivity contribution in [3.63, 3.8) is 0 Å². The maximum absolute atomic E-state index is 14.7. The Labute approximate surface area is 219 Å². The first-order valence-electron chi connectivity index (χ1n) is 13.1. The highest BCUT2D eigenvalue weighted by Crippen LogP contribution is 2.34. The van der Waals surface area contributed by atoms with Crippen LogP contribution in [-0.2, 0) is 9.53 Å². The molecule has 4 aliphatic rings. The Kier molecular flexibility index (Phi) is 6.59. The smallest absolute Gasteiger partial charge is 0.266 e. The fraction of sp³-hybridized carbons (Fsp3) is 0.464. The Morgan fingerprint density at radius 2 is 1.82 bits per heavy atom. The number of nitrogens with one attached hydrogen (secondary N) is 1. The van der Waals surface area contributed by atoms with Crippen molar-refractivity contribution >= 4 is 28.2 Å². The topological polar surface area (TPSA) is 70.6 Å². The van der Waals surface area contributed by atoms with Gasteiger partial charge in [-0.3, -0.25) is 4.79 Å². The minimum absolute atomic E-state index is 0.0343. The summed E-state index contributed by atoms with van der Waals surface area (Å²) >= 11 is 0. The number of alkyl halides is 2. The van der Waals surface area contributed by atoms with Gasteiger partial charge in [-0.1, -0.05) is 18.2 Å². The van der Waals surface area contributed by atoms with Gasteiger partial charge in [-0.15, -0.1) is 0 Å². The molecule has 0 radical (unpaired) electrons. The molecule has 0 spiro atoms. The van der Waals surface area contributed by atoms with Crippen LogP contribution in [-0.4, -0.2) is 59.4 Å². The minimum atomic E-state index is -2.88. The molecule has 0 saturated carbocycles. The van der Waals surface area contributed by atoms with Gasteiger partial charge >= 0.3 is 0 Å². The zero-order chi connectivity index (χ0) is 26.4. The molecule has 2 aromatic carbocycles. The third-order valence-corrected chi connectivity index (χ3v) is 8.03. The van der Waals surface area contributed by atoms with E-state index in [0.29, 0.717) is 24.3 Å². The lowest BCUT2D eigenvalue weighted by Gasteiger charge is -2.48. The third kappa shape index (κ3) is 4.66. The van der Waals surface area contributed by atoms with Crippen molar-refractivity contribution in [3.8, 4) is 0 Å². The van der Waals surface area contributed by atoms with E-state index < -0.39 is 23.8 Å². The Morgan fingerprint density at radius 3 is 2.53 bits per heavy atom. The molecule has 3 atom stereocenters. The molecule has 10 heteroatoms. The van der Waals surface area contributed by atoms with Crippen molar-refractivity contribution in [1.29, 1.82) is 0 Å². The van der Waals surface area contributed by atoms with Crippen LogP contribution in [0.4, 0.5) is 24.5 Å². The van der Waals surface area contributed by atoms with E-state index in [2.05, 4.69) is 20.4 Å². The van der Waals surface area contributed by atoms with E-state index in [1.165, 1.54) is 12.1 Å². The molecule has 2 bridgehead atoms. The highest BCUT2D eigenvalue weighted by atomic mass is 19.3. The average molecular weight is 526 g/mol. The van der Waals surface area contributed by atoms with Crippen molar-refractivity contribution in [1.82, 2.24) is 15.1 Å². The lowest BCUT2D eigenvalue weighted by molar-refractivity contribution is -0.190. The minimum Gasteiger partial charge on any atom is -0.377 e. The summed E-state index contributed by atoms with van der Waals surface area (Å²) in [7, 11) is 0. The van der Waals surface area contributed by atoms with Gasteiger partial charge in [-0.05, 0) is 38.0 Å². The van der Waals surface area contributed by atoms with Gasteiger partial charge in [0.1, 0.15) is 5.82 Å². The number of anilines is 2. The van der Waals surface area contributed by atoms with Crippen LogP contribution in [0.15, 0.2) is 42.6 Å². The Balaban J connectivity index is 1.16. The van der Waals surface area contributed by atoms with Gasteiger partial charge in [-0.25, -0.2) is 13.2 Å². The molecular formula is C28H30F3N5O2. The number of piperidine rings is 2. The van der Waals surface area contributed by atoms with E-state index in [-0.39, 0.29) is 29.6 Å². The third-order valence-electron chi connectivity index (χ3n) is 8.03. The number of fused-ring (bicyclic) bond motifs is 3. The van der Waals surface area contributed by atoms with Crippen molar-refractivity contribution < 1.29 is 22.7 Å². The number of benzene rings is 2. The summed E-state index contributed by atoms with van der Waals surface area (Å²) in [6.07, 6.45) is 1.77. The highest BCUT2D eigenvalue weighted by Gasteiger charge is 2.41. The van der Waals surface area contributed by atoms with Crippen molar-refractivity contribution in [3.05, 3.63) is 59.5 Å². The van der Waals surface area contributed by atoms with Gasteiger partial charge in [0.2, 0.25) is 5.91 Å². The molecule has 1 aromatic heterocycles. The van der Waals surface area contributed by atoms with Crippen LogP contribution in [0.1, 0.15) is 49.8 Å². The molecule has 1 N–H and O–H groups in total. The van der Waals surface area contributed by atoms with Gasteiger partial charge in [0.25, 0.3) is 6.43 Å². The summed E-state index contributed by atoms with van der Waals surface area (Å²) in [5, 5.41) is 12.3. The largest absolute Gasteiger partial charge is 0.377 e. The van der Waals surface area contributed by atoms with E-state index in [0.717, 1.165) is 49.5 Å². The number of carbonyl (C=O) groups excluding carboxylic acids is 1. The number of ether oxygens (including phenoxy) is 1. The molecule has 3 aromatic rings. The van der Waals surface area contributed by atoms with Crippen LogP contribution in [0.5, 0.6) is 0 Å². The number of nitrogens with zero attached hydrogens (tertiary/aromatic N) is 4. The number of hydrogen-bond acceptors (Lipinski definition) is 6. The fourth-order valence-electron chi connectivity index (χ4n) is 5.92. The SMILES string of the molecule is C[C@@H](Nc1cnnc2ccc(N3CCC(C(=O)N4CC5CC(C4)O5)CC3)cc12)c1cccc(C(F)F)c1F. The van der Waals surface area contributed by atoms with Crippen LogP contribution in [0, 0.1) is 11.7 Å². The van der Waals surface area contributed by atoms with Crippen LogP contribution >= 0.6 is 0 Å². The maximum Gasteiger partial charge on any atom is 0.266 e. The van der Waals surface area contributed by atoms with E-state index in [1.54, 1.807) is 13.1 Å². The maximum atomic E-state index is 14.7. The summed E-state index contributed by atoms with van der Waals surface area (Å²) in [6.45, 7) is 4.69. The number of halogens is 3. The summed E-state index contributed by atoms with van der Waals surface area (Å²) in [6, 6.07) is 9.38. The molecule has 7 nitrogen and oxygen atoms in total. The van der Waals surface area contributed by atoms with Crippen molar-refractivity contribution in [2.75, 3.05) is 36.4 Å². The summed E-state index contributed by atoms with van der Waals surface area (Å²) < 4.78 is 46.8. The second-order valence-corrected chi connectivity index (χ2v) is 10.5. The average Bonchev–Trinajstić information content (AvgIpc) is 2.92. The second kappa shape index (κ2) is 10.1. The molecule has 1 amide bonds. The van der Waals surface area contributed by atoms with E-state index in [4.69, 9.17) is 4.74 Å². The lowest BCUT2D eigenvalue weighted by Crippen LogP contribution is -2.60. The van der Waals surface area contributed by atoms with Gasteiger partial charge in [0.05, 0.1) is 41.2 Å². The molecule has 2 unspecified atom stereocenters. The Hall–Kier alpha value is -3.40. The lowest BCUT2D eigenvalue weighted by atomic mass is 9.92. The number of amides is 1. The molecule has 4 aliphatic heterocycles. The van der Waals surface area contributed by atoms with Gasteiger partial charge in [0.15, 0.2) is 0 Å². The van der Waals surface area contributed by atoms with Crippen LogP contribution < -0.4 is 10.2 Å². The molecule has 5 heterocycles. The number of rotatable bonds is 6. The molecular weight excluding hydrogens is 495 g/mol. The van der Waals surface area contributed by atoms with Crippen LogP contribution in [0.2, 0.25) is 0 Å². The van der Waals surface area contributed by atoms with E-state index in [9.17, 15) is 18.0 Å². The standard InChI is InChI=1S/C28H30F3N5O2/c1-16(21-3-2-4-22(26(21)29)27(30)31)33-25-13-32-34-24-6-5-18(11-23(24)25)35-9-7-17(8-10-35)28(37)36-14-19-12-20(15-36)38-19/h2-6,11,13,16-17,19-20,27H,7-10,12,14-15H2,1H3,(H,33,34)/t16-,19?,20?/m1/s1. The normalized spacial score (nSPS) is 22.4. The number of aromatic nitrogens is 2. The monoisotopic (exact) mass is 525 g/mol. The quantitative estimate of drug-likeness (QED) is 0.483. The molecule has 200 valence electrons. The Morgan fingerprint density at radius 1 is 1.11 bits per heavy atom. The molecule has 38 heavy (non-hydrogen) atoms. The van der Waals surface area contributed by atoms with Crippen LogP contribution in [0.25, 0.3) is 10.9 Å². The summed E-state index contributed by atoms with van der Waals surface area (Å²) in [5.74, 6) is -0.617. The molecule has 4 saturated heterocycles. The second-order valence-electron chi connectivity index (χ2n) is 10.5. The number of hydrogen-bond donors (Lipinski definition) is 1. The predicted molar refractivity (Wildman–Crippen MR) is 138 cm³/mol. The molecule has 7 rings (SSSR count). The van der Waals surface area contributed by atoms with Crippen molar-refractivity contribution in [2.45, 2.75) is 50.9 Å². The first kappa shape index (κ1) is 24.9. The Bertz CT molecular complexity index is 1330. The molecule has 0 aliphatic carbocycles. The van der Waals surface area contributed by atoms with Crippen molar-refractivity contribution in [2.24, 2.45) is 5.92 Å². The van der Waals surface area contributed by atoms with E-state index in [1.807, 2.05) is 23.1 Å². The van der Waals surface area contributed by atoms with Gasteiger partial charge in [-0.2, -0.15) is 10.2 Å². The summed E-state index contributed by atoms with van der Waals surface area (Å²) in [5.41, 5.74) is 1.87. The summed E-state index contributed by atoms with van der Waals surface area (Å²) in [4.78, 5) is 17.3. The zero-order valence-corrected chi connectivity index (χ0v) is 21.1. The number of morpholine rings is 1. The van der Waals surface area contributed by atoms with E-state index >= 15 is 0 Å². The van der Waals surface area contributed by atoms with Gasteiger partial charge < -0.3 is 19.9 Å². The molecule has 4 fully saturated rings. The zero-order valence-electron chi connectivity index (χ0n) is 21.1. The fourth-order valence-corrected chi connectivity index (χ4v) is 5.92. The van der Waals surface area contributed by atoms with Crippen LogP contribution in [0.3, 0.4) is 0 Å². The first-order chi connectivity index (χ1) is 18.4.